The van der Waals surface area contributed by atoms with E-state index >= 15 is 0 Å². The van der Waals surface area contributed by atoms with Crippen molar-refractivity contribution in [1.29, 1.82) is 5.26 Å². The summed E-state index contributed by atoms with van der Waals surface area (Å²) in [5, 5.41) is 12.3. The maximum atomic E-state index is 12.6. The Labute approximate surface area is 137 Å². The molecule has 1 aromatic carbocycles. The molecule has 1 N–H and O–H groups in total. The average Bonchev–Trinajstić information content (AvgIpc) is 3.01. The molecule has 0 atom stereocenters. The number of nitrogens with one attached hydrogen (secondary N) is 1. The van der Waals surface area contributed by atoms with Crippen LogP contribution in [0.15, 0.2) is 18.2 Å². The fourth-order valence-electron chi connectivity index (χ4n) is 3.32. The highest BCUT2D eigenvalue weighted by atomic mass is 16.2. The molecule has 2 rings (SSSR count). The van der Waals surface area contributed by atoms with Crippen molar-refractivity contribution in [1.82, 2.24) is 4.90 Å². The monoisotopic (exact) mass is 313 g/mol. The van der Waals surface area contributed by atoms with Gasteiger partial charge in [-0.2, -0.15) is 5.26 Å². The van der Waals surface area contributed by atoms with Crippen molar-refractivity contribution in [3.8, 4) is 6.07 Å². The van der Waals surface area contributed by atoms with Crippen molar-refractivity contribution >= 4 is 17.4 Å². The number of nitriles is 1. The summed E-state index contributed by atoms with van der Waals surface area (Å²) in [7, 11) is 3.55. The Hall–Kier alpha value is -2.35. The number of amides is 1. The van der Waals surface area contributed by atoms with E-state index in [9.17, 15) is 9.59 Å². The quantitative estimate of drug-likeness (QED) is 0.848. The van der Waals surface area contributed by atoms with E-state index < -0.39 is 5.41 Å². The van der Waals surface area contributed by atoms with Gasteiger partial charge in [-0.1, -0.05) is 12.8 Å². The molecule has 0 bridgehead atoms. The minimum Gasteiger partial charge on any atom is -0.383 e. The summed E-state index contributed by atoms with van der Waals surface area (Å²) in [4.78, 5) is 26.0. The van der Waals surface area contributed by atoms with Crippen LogP contribution in [0.2, 0.25) is 0 Å². The van der Waals surface area contributed by atoms with Crippen LogP contribution in [0.3, 0.4) is 0 Å². The predicted octanol–water partition coefficient (Wildman–Crippen LogP) is 2.82. The first-order chi connectivity index (χ1) is 10.9. The van der Waals surface area contributed by atoms with E-state index in [1.807, 2.05) is 0 Å². The molecule has 0 unspecified atom stereocenters. The number of hydrogen-bond donors (Lipinski definition) is 1. The maximum Gasteiger partial charge on any atom is 0.230 e. The average molecular weight is 313 g/mol. The lowest BCUT2D eigenvalue weighted by Crippen LogP contribution is -2.43. The molecule has 122 valence electrons. The molecule has 1 aliphatic rings. The second-order valence-electron chi connectivity index (χ2n) is 6.47. The summed E-state index contributed by atoms with van der Waals surface area (Å²) in [5.41, 5.74) is 1.26. The van der Waals surface area contributed by atoms with Crippen molar-refractivity contribution in [3.63, 3.8) is 0 Å². The number of Topliss-reactive ketones (excluding diaryl/α,β-unsaturated/α-hetero) is 1. The highest BCUT2D eigenvalue weighted by molar-refractivity contribution is 5.99. The maximum absolute atomic E-state index is 12.6. The van der Waals surface area contributed by atoms with Crippen LogP contribution in [-0.4, -0.2) is 37.2 Å². The lowest BCUT2D eigenvalue weighted by atomic mass is 9.84. The molecule has 1 aromatic rings. The second-order valence-corrected chi connectivity index (χ2v) is 6.47. The van der Waals surface area contributed by atoms with Crippen LogP contribution in [0.1, 0.15) is 48.5 Å². The topological polar surface area (TPSA) is 73.2 Å². The molecule has 0 saturated heterocycles. The highest BCUT2D eigenvalue weighted by Crippen LogP contribution is 2.39. The van der Waals surface area contributed by atoms with Crippen molar-refractivity contribution < 1.29 is 9.59 Å². The Morgan fingerprint density at radius 3 is 2.48 bits per heavy atom. The summed E-state index contributed by atoms with van der Waals surface area (Å²) in [6.45, 7) is 1.99. The van der Waals surface area contributed by atoms with Gasteiger partial charge in [0.1, 0.15) is 0 Å². The van der Waals surface area contributed by atoms with E-state index in [4.69, 9.17) is 5.26 Å². The van der Waals surface area contributed by atoms with Crippen molar-refractivity contribution in [2.45, 2.75) is 32.6 Å². The third kappa shape index (κ3) is 3.53. The van der Waals surface area contributed by atoms with Crippen LogP contribution in [0.4, 0.5) is 5.69 Å². The van der Waals surface area contributed by atoms with Crippen LogP contribution < -0.4 is 5.32 Å². The van der Waals surface area contributed by atoms with Gasteiger partial charge in [0.15, 0.2) is 5.78 Å². The Morgan fingerprint density at radius 1 is 1.30 bits per heavy atom. The summed E-state index contributed by atoms with van der Waals surface area (Å²) in [5.74, 6) is 0.0692. The Bertz CT molecular complexity index is 653. The molecule has 0 aliphatic heterocycles. The van der Waals surface area contributed by atoms with Gasteiger partial charge in [-0.15, -0.1) is 0 Å². The van der Waals surface area contributed by atoms with E-state index in [0.29, 0.717) is 23.4 Å². The first kappa shape index (κ1) is 17.0. The van der Waals surface area contributed by atoms with Gasteiger partial charge in [-0.05, 0) is 38.0 Å². The Kier molecular flexibility index (Phi) is 5.05. The van der Waals surface area contributed by atoms with Crippen LogP contribution in [0, 0.1) is 16.7 Å². The first-order valence-electron chi connectivity index (χ1n) is 7.90. The van der Waals surface area contributed by atoms with E-state index in [1.54, 1.807) is 37.2 Å². The zero-order valence-electron chi connectivity index (χ0n) is 14.0. The minimum atomic E-state index is -0.416. The summed E-state index contributed by atoms with van der Waals surface area (Å²) >= 11 is 0. The van der Waals surface area contributed by atoms with E-state index in [2.05, 4.69) is 11.4 Å². The van der Waals surface area contributed by atoms with E-state index in [1.165, 1.54) is 6.92 Å². The molecule has 0 aromatic heterocycles. The molecule has 23 heavy (non-hydrogen) atoms. The molecule has 1 saturated carbocycles. The van der Waals surface area contributed by atoms with Crippen LogP contribution in [0.25, 0.3) is 0 Å². The van der Waals surface area contributed by atoms with Gasteiger partial charge in [0.2, 0.25) is 5.91 Å². The molecule has 1 fully saturated rings. The fourth-order valence-corrected chi connectivity index (χ4v) is 3.32. The third-order valence-electron chi connectivity index (χ3n) is 4.57. The SMILES string of the molecule is CC(=O)c1ccc(C#N)cc1NCC1(C(=O)N(C)C)CCCC1. The molecule has 1 amide bonds. The Balaban J connectivity index is 2.26. The first-order valence-corrected chi connectivity index (χ1v) is 7.90. The molecule has 0 radical (unpaired) electrons. The summed E-state index contributed by atoms with van der Waals surface area (Å²) in [6, 6.07) is 7.07. The standard InChI is InChI=1S/C18H23N3O2/c1-13(22)15-7-6-14(11-19)10-16(15)20-12-18(8-4-5-9-18)17(23)21(2)3/h6-7,10,20H,4-5,8-9,12H2,1-3H3. The minimum absolute atomic E-state index is 0.0589. The van der Waals surface area contributed by atoms with Crippen LogP contribution >= 0.6 is 0 Å². The van der Waals surface area contributed by atoms with Gasteiger partial charge < -0.3 is 10.2 Å². The number of hydrogen-bond acceptors (Lipinski definition) is 4. The number of rotatable bonds is 5. The molecule has 5 heteroatoms. The van der Waals surface area contributed by atoms with Gasteiger partial charge in [0.05, 0.1) is 17.0 Å². The molecule has 5 nitrogen and oxygen atoms in total. The largest absolute Gasteiger partial charge is 0.383 e. The molecule has 1 aliphatic carbocycles. The smallest absolute Gasteiger partial charge is 0.230 e. The number of ketones is 1. The van der Waals surface area contributed by atoms with E-state index in [-0.39, 0.29) is 11.7 Å². The van der Waals surface area contributed by atoms with Crippen LogP contribution in [-0.2, 0) is 4.79 Å². The number of benzene rings is 1. The zero-order valence-corrected chi connectivity index (χ0v) is 14.0. The van der Waals surface area contributed by atoms with Crippen LogP contribution in [0.5, 0.6) is 0 Å². The molecular formula is C18H23N3O2. The number of nitrogens with zero attached hydrogens (tertiary/aromatic N) is 2. The third-order valence-corrected chi connectivity index (χ3v) is 4.57. The van der Waals surface area contributed by atoms with Crippen molar-refractivity contribution in [2.75, 3.05) is 26.0 Å². The lowest BCUT2D eigenvalue weighted by Gasteiger charge is -2.31. The molecule has 0 heterocycles. The van der Waals surface area contributed by atoms with Crippen molar-refractivity contribution in [2.24, 2.45) is 5.41 Å². The second kappa shape index (κ2) is 6.82. The van der Waals surface area contributed by atoms with Gasteiger partial charge in [0.25, 0.3) is 0 Å². The van der Waals surface area contributed by atoms with Gasteiger partial charge in [-0.25, -0.2) is 0 Å². The number of carbonyl (C=O) groups excluding carboxylic acids is 2. The highest BCUT2D eigenvalue weighted by Gasteiger charge is 2.41. The predicted molar refractivity (Wildman–Crippen MR) is 89.2 cm³/mol. The summed E-state index contributed by atoms with van der Waals surface area (Å²) in [6.07, 6.45) is 3.78. The van der Waals surface area contributed by atoms with Gasteiger partial charge >= 0.3 is 0 Å². The number of anilines is 1. The lowest BCUT2D eigenvalue weighted by molar-refractivity contribution is -0.138. The number of carbonyl (C=O) groups is 2. The normalized spacial score (nSPS) is 15.7. The fraction of sp³-hybridized carbons (Fsp3) is 0.500. The van der Waals surface area contributed by atoms with Gasteiger partial charge in [0, 0.05) is 31.9 Å². The molecular weight excluding hydrogens is 290 g/mol. The van der Waals surface area contributed by atoms with Gasteiger partial charge in [-0.3, -0.25) is 9.59 Å². The van der Waals surface area contributed by atoms with Crippen molar-refractivity contribution in [3.05, 3.63) is 29.3 Å². The Morgan fingerprint density at radius 2 is 1.96 bits per heavy atom. The van der Waals surface area contributed by atoms with E-state index in [0.717, 1.165) is 25.7 Å². The summed E-state index contributed by atoms with van der Waals surface area (Å²) < 4.78 is 0. The molecule has 0 spiro atoms. The zero-order chi connectivity index (χ0) is 17.0.